The van der Waals surface area contributed by atoms with Gasteiger partial charge in [0.05, 0.1) is 26.2 Å². The number of ether oxygens (including phenoxy) is 1. The smallest absolute Gasteiger partial charge is 0.327 e. The molecule has 11 nitrogen and oxygen atoms in total. The normalized spacial score (nSPS) is 12.0. The molecule has 0 aromatic rings. The number of primary amides is 2. The Labute approximate surface area is 138 Å². The number of nitrogens with zero attached hydrogens (tertiary/aromatic N) is 2. The maximum Gasteiger partial charge on any atom is 0.327 e. The van der Waals surface area contributed by atoms with Crippen LogP contribution in [-0.2, 0) is 28.7 Å². The number of hydrogen-bond donors (Lipinski definition) is 3. The number of hydrogen-bond acceptors (Lipinski definition) is 8. The number of carbonyl (C=O) groups is 5. The Morgan fingerprint density at radius 2 is 1.54 bits per heavy atom. The molecule has 0 unspecified atom stereocenters. The highest BCUT2D eigenvalue weighted by atomic mass is 16.6. The van der Waals surface area contributed by atoms with Crippen molar-refractivity contribution < 1.29 is 33.8 Å². The second-order valence-corrected chi connectivity index (χ2v) is 5.22. The number of carboxylic acids is 1. The molecule has 0 aliphatic carbocycles. The van der Waals surface area contributed by atoms with Crippen molar-refractivity contribution in [2.75, 3.05) is 32.7 Å². The van der Waals surface area contributed by atoms with E-state index in [2.05, 4.69) is 4.74 Å². The number of esters is 2. The predicted molar refractivity (Wildman–Crippen MR) is 80.3 cm³/mol. The van der Waals surface area contributed by atoms with Gasteiger partial charge in [0.1, 0.15) is 0 Å². The van der Waals surface area contributed by atoms with E-state index in [-0.39, 0.29) is 19.6 Å². The Hall–Kier alpha value is -2.53. The quantitative estimate of drug-likeness (QED) is 0.262. The van der Waals surface area contributed by atoms with Crippen LogP contribution in [0.25, 0.3) is 0 Å². The maximum atomic E-state index is 11.6. The molecule has 0 aromatic heterocycles. The minimum Gasteiger partial charge on any atom is -0.480 e. The van der Waals surface area contributed by atoms with E-state index in [1.165, 1.54) is 9.80 Å². The molecule has 0 rings (SSSR count). The SMILES string of the molecule is CC(=O)OC(=O)CN(CC(N)=O)[C@@H](C)CN(CC(N)=O)CC(=O)O. The number of aliphatic carboxylic acids is 1. The molecule has 0 aromatic carbocycles. The predicted octanol–water partition coefficient (Wildman–Crippen LogP) is -2.88. The van der Waals surface area contributed by atoms with Crippen molar-refractivity contribution in [3.8, 4) is 0 Å². The Bertz CT molecular complexity index is 493. The average Bonchev–Trinajstić information content (AvgIpc) is 2.34. The molecular formula is C13H22N4O7. The Morgan fingerprint density at radius 1 is 1.00 bits per heavy atom. The van der Waals surface area contributed by atoms with Gasteiger partial charge in [0, 0.05) is 19.5 Å². The van der Waals surface area contributed by atoms with Crippen LogP contribution in [0.2, 0.25) is 0 Å². The number of carboxylic acid groups (broad SMARTS) is 1. The van der Waals surface area contributed by atoms with Crippen molar-refractivity contribution in [2.45, 2.75) is 19.9 Å². The van der Waals surface area contributed by atoms with Crippen LogP contribution in [0.5, 0.6) is 0 Å². The van der Waals surface area contributed by atoms with Crippen molar-refractivity contribution in [2.24, 2.45) is 11.5 Å². The minimum absolute atomic E-state index is 0.0237. The standard InChI is InChI=1S/C13H22N4O7/c1-8(3-16(4-10(14)19)6-12(21)22)17(5-11(15)20)7-13(23)24-9(2)18/h8H,3-7H2,1-2H3,(H2,14,19)(H2,15,20)(H,21,22)/t8-/m0/s1. The third-order valence-corrected chi connectivity index (χ3v) is 2.83. The summed E-state index contributed by atoms with van der Waals surface area (Å²) in [4.78, 5) is 57.9. The molecule has 24 heavy (non-hydrogen) atoms. The largest absolute Gasteiger partial charge is 0.480 e. The highest BCUT2D eigenvalue weighted by Gasteiger charge is 2.24. The molecule has 2 amide bonds. The van der Waals surface area contributed by atoms with Gasteiger partial charge in [-0.25, -0.2) is 0 Å². The van der Waals surface area contributed by atoms with E-state index in [0.717, 1.165) is 6.92 Å². The van der Waals surface area contributed by atoms with E-state index in [9.17, 15) is 24.0 Å². The Balaban J connectivity index is 4.98. The first-order valence-corrected chi connectivity index (χ1v) is 6.97. The molecule has 0 aliphatic rings. The number of amides is 2. The fourth-order valence-corrected chi connectivity index (χ4v) is 2.01. The molecule has 0 saturated heterocycles. The fraction of sp³-hybridized carbons (Fsp3) is 0.615. The van der Waals surface area contributed by atoms with Gasteiger partial charge >= 0.3 is 17.9 Å². The van der Waals surface area contributed by atoms with Crippen molar-refractivity contribution >= 4 is 29.7 Å². The third kappa shape index (κ3) is 10.2. The van der Waals surface area contributed by atoms with Gasteiger partial charge in [-0.05, 0) is 6.92 Å². The Morgan fingerprint density at radius 3 is 1.96 bits per heavy atom. The van der Waals surface area contributed by atoms with Gasteiger partial charge in [0.15, 0.2) is 0 Å². The maximum absolute atomic E-state index is 11.6. The summed E-state index contributed by atoms with van der Waals surface area (Å²) < 4.78 is 4.39. The summed E-state index contributed by atoms with van der Waals surface area (Å²) >= 11 is 0. The number of rotatable bonds is 11. The highest BCUT2D eigenvalue weighted by molar-refractivity contribution is 5.85. The molecule has 0 aliphatic heterocycles. The van der Waals surface area contributed by atoms with Gasteiger partial charge in [-0.15, -0.1) is 0 Å². The van der Waals surface area contributed by atoms with E-state index >= 15 is 0 Å². The van der Waals surface area contributed by atoms with Crippen LogP contribution >= 0.6 is 0 Å². The molecule has 0 saturated carbocycles. The molecular weight excluding hydrogens is 324 g/mol. The van der Waals surface area contributed by atoms with Gasteiger partial charge < -0.3 is 21.3 Å². The van der Waals surface area contributed by atoms with E-state index in [4.69, 9.17) is 16.6 Å². The summed E-state index contributed by atoms with van der Waals surface area (Å²) in [6, 6.07) is -0.546. The second kappa shape index (κ2) is 10.3. The van der Waals surface area contributed by atoms with E-state index in [0.29, 0.717) is 0 Å². The molecule has 136 valence electrons. The summed E-state index contributed by atoms with van der Waals surface area (Å²) in [5.74, 6) is -4.29. The van der Waals surface area contributed by atoms with Crippen molar-refractivity contribution in [1.82, 2.24) is 9.80 Å². The van der Waals surface area contributed by atoms with Crippen LogP contribution in [0.4, 0.5) is 0 Å². The summed E-state index contributed by atoms with van der Waals surface area (Å²) in [6.45, 7) is 1.21. The fourth-order valence-electron chi connectivity index (χ4n) is 2.01. The summed E-state index contributed by atoms with van der Waals surface area (Å²) in [7, 11) is 0. The molecule has 0 radical (unpaired) electrons. The van der Waals surface area contributed by atoms with Crippen LogP contribution in [0.1, 0.15) is 13.8 Å². The van der Waals surface area contributed by atoms with Crippen LogP contribution in [0.3, 0.4) is 0 Å². The van der Waals surface area contributed by atoms with E-state index < -0.39 is 48.9 Å². The van der Waals surface area contributed by atoms with Gasteiger partial charge in [0.2, 0.25) is 11.8 Å². The number of carbonyl (C=O) groups excluding carboxylic acids is 4. The lowest BCUT2D eigenvalue weighted by molar-refractivity contribution is -0.159. The van der Waals surface area contributed by atoms with Crippen LogP contribution in [0, 0.1) is 0 Å². The van der Waals surface area contributed by atoms with Crippen molar-refractivity contribution in [3.63, 3.8) is 0 Å². The van der Waals surface area contributed by atoms with E-state index in [1.807, 2.05) is 0 Å². The molecule has 1 atom stereocenters. The molecule has 11 heteroatoms. The first kappa shape index (κ1) is 21.5. The van der Waals surface area contributed by atoms with E-state index in [1.54, 1.807) is 6.92 Å². The van der Waals surface area contributed by atoms with Crippen LogP contribution in [0.15, 0.2) is 0 Å². The van der Waals surface area contributed by atoms with Gasteiger partial charge in [-0.3, -0.25) is 33.8 Å². The zero-order valence-electron chi connectivity index (χ0n) is 13.6. The summed E-state index contributed by atoms with van der Waals surface area (Å²) in [6.07, 6.45) is 0. The van der Waals surface area contributed by atoms with Crippen molar-refractivity contribution in [1.29, 1.82) is 0 Å². The zero-order valence-corrected chi connectivity index (χ0v) is 13.6. The van der Waals surface area contributed by atoms with Gasteiger partial charge in [-0.1, -0.05) is 0 Å². The third-order valence-electron chi connectivity index (χ3n) is 2.83. The van der Waals surface area contributed by atoms with Crippen molar-refractivity contribution in [3.05, 3.63) is 0 Å². The molecule has 0 fully saturated rings. The first-order valence-electron chi connectivity index (χ1n) is 6.97. The molecule has 0 bridgehead atoms. The van der Waals surface area contributed by atoms with Crippen LogP contribution < -0.4 is 11.5 Å². The molecule has 0 spiro atoms. The topological polar surface area (TPSA) is 173 Å². The monoisotopic (exact) mass is 346 g/mol. The zero-order chi connectivity index (χ0) is 18.9. The highest BCUT2D eigenvalue weighted by Crippen LogP contribution is 2.03. The summed E-state index contributed by atoms with van der Waals surface area (Å²) in [5, 5.41) is 8.85. The van der Waals surface area contributed by atoms with Gasteiger partial charge in [-0.2, -0.15) is 0 Å². The van der Waals surface area contributed by atoms with Gasteiger partial charge in [0.25, 0.3) is 0 Å². The van der Waals surface area contributed by atoms with Crippen LogP contribution in [-0.4, -0.2) is 83.4 Å². The minimum atomic E-state index is -1.17. The molecule has 5 N–H and O–H groups in total. The lowest BCUT2D eigenvalue weighted by atomic mass is 10.2. The average molecular weight is 346 g/mol. The second-order valence-electron chi connectivity index (χ2n) is 5.22. The lowest BCUT2D eigenvalue weighted by Crippen LogP contribution is -2.50. The lowest BCUT2D eigenvalue weighted by Gasteiger charge is -2.30. The first-order chi connectivity index (χ1) is 11.0. The number of nitrogens with two attached hydrogens (primary N) is 2. The molecule has 0 heterocycles. The summed E-state index contributed by atoms with van der Waals surface area (Å²) in [5.41, 5.74) is 10.2. The Kier molecular flexibility index (Phi) is 9.20.